The van der Waals surface area contributed by atoms with Crippen molar-refractivity contribution in [3.63, 3.8) is 0 Å². The van der Waals surface area contributed by atoms with E-state index in [0.29, 0.717) is 19.1 Å². The Hall–Kier alpha value is -0.230. The van der Waals surface area contributed by atoms with Crippen LogP contribution >= 0.6 is 23.6 Å². The summed E-state index contributed by atoms with van der Waals surface area (Å²) >= 11 is 4.59. The standard InChI is InChI=1S/C8H13ClF2O7S/c9-1-2-14-3-4-15-5-6-16-7(12)8(10,11)19-18-17-13/h13H,1-6H2/p-1. The van der Waals surface area contributed by atoms with Crippen LogP contribution in [0.15, 0.2) is 0 Å². The second-order valence-corrected chi connectivity index (χ2v) is 3.98. The first-order valence-corrected chi connectivity index (χ1v) is 6.23. The summed E-state index contributed by atoms with van der Waals surface area (Å²) < 4.78 is 43.0. The van der Waals surface area contributed by atoms with Crippen LogP contribution in [0.1, 0.15) is 0 Å². The molecule has 11 heteroatoms. The predicted octanol–water partition coefficient (Wildman–Crippen LogP) is 0.266. The molecule has 0 aliphatic rings. The fraction of sp³-hybridized carbons (Fsp3) is 0.875. The van der Waals surface area contributed by atoms with Crippen LogP contribution in [0.5, 0.6) is 0 Å². The summed E-state index contributed by atoms with van der Waals surface area (Å²) in [5, 5.41) is 8.00. The zero-order chi connectivity index (χ0) is 14.6. The van der Waals surface area contributed by atoms with Crippen LogP contribution in [0.3, 0.4) is 0 Å². The molecule has 19 heavy (non-hydrogen) atoms. The molecule has 0 aliphatic carbocycles. The quantitative estimate of drug-likeness (QED) is 0.126. The molecule has 0 bridgehead atoms. The molecule has 0 aromatic heterocycles. The minimum atomic E-state index is -4.03. The predicted molar refractivity (Wildman–Crippen MR) is 58.0 cm³/mol. The highest BCUT2D eigenvalue weighted by Gasteiger charge is 2.43. The first-order chi connectivity index (χ1) is 9.04. The molecule has 0 fully saturated rings. The highest BCUT2D eigenvalue weighted by atomic mass is 35.5. The van der Waals surface area contributed by atoms with Gasteiger partial charge in [-0.3, -0.25) is 5.04 Å². The zero-order valence-corrected chi connectivity index (χ0v) is 11.2. The Morgan fingerprint density at radius 3 is 2.32 bits per heavy atom. The molecule has 7 nitrogen and oxygen atoms in total. The van der Waals surface area contributed by atoms with E-state index in [2.05, 4.69) is 14.1 Å². The first kappa shape index (κ1) is 18.8. The minimum absolute atomic E-state index is 0.0738. The maximum atomic E-state index is 12.8. The number of hydrogen-bond donors (Lipinski definition) is 0. The van der Waals surface area contributed by atoms with Crippen molar-refractivity contribution in [2.45, 2.75) is 5.25 Å². The van der Waals surface area contributed by atoms with Crippen molar-refractivity contribution in [1.82, 2.24) is 0 Å². The fourth-order valence-electron chi connectivity index (χ4n) is 0.744. The van der Waals surface area contributed by atoms with Gasteiger partial charge in [-0.15, -0.1) is 11.6 Å². The highest BCUT2D eigenvalue weighted by Crippen LogP contribution is 2.30. The molecule has 0 N–H and O–H groups in total. The van der Waals surface area contributed by atoms with E-state index in [1.807, 2.05) is 0 Å². The number of carbonyl (C=O) groups is 1. The number of ether oxygens (including phenoxy) is 3. The third-order valence-electron chi connectivity index (χ3n) is 1.46. The number of halogens is 3. The van der Waals surface area contributed by atoms with Crippen molar-refractivity contribution >= 4 is 29.6 Å². The number of carbonyl (C=O) groups excluding carboxylic acids is 1. The molecule has 0 saturated carbocycles. The molecule has 0 rings (SSSR count). The van der Waals surface area contributed by atoms with Crippen molar-refractivity contribution in [3.8, 4) is 0 Å². The Morgan fingerprint density at radius 2 is 1.74 bits per heavy atom. The van der Waals surface area contributed by atoms with Crippen LogP contribution in [-0.2, 0) is 28.4 Å². The Bertz CT molecular complexity index is 247. The van der Waals surface area contributed by atoms with Gasteiger partial charge in [0, 0.05) is 5.88 Å². The Balaban J connectivity index is 3.52. The van der Waals surface area contributed by atoms with Crippen LogP contribution in [0.4, 0.5) is 8.78 Å². The number of alkyl halides is 3. The van der Waals surface area contributed by atoms with Gasteiger partial charge in [-0.25, -0.2) is 4.79 Å². The number of hydrogen-bond acceptors (Lipinski definition) is 8. The lowest BCUT2D eigenvalue weighted by Crippen LogP contribution is -2.29. The second kappa shape index (κ2) is 11.6. The lowest BCUT2D eigenvalue weighted by atomic mass is 10.6. The van der Waals surface area contributed by atoms with E-state index in [1.165, 1.54) is 0 Å². The molecular formula is C8H12ClF2O7S-. The monoisotopic (exact) mass is 325 g/mol. The van der Waals surface area contributed by atoms with Crippen LogP contribution in [0, 0.1) is 0 Å². The van der Waals surface area contributed by atoms with Gasteiger partial charge < -0.3 is 19.5 Å². The molecule has 114 valence electrons. The maximum Gasteiger partial charge on any atom is 0.415 e. The SMILES string of the molecule is O=C(OCCOCCOCCCl)C(F)(F)SOO[O-]. The van der Waals surface area contributed by atoms with E-state index in [4.69, 9.17) is 21.1 Å². The van der Waals surface area contributed by atoms with Gasteiger partial charge in [-0.05, 0) is 0 Å². The average Bonchev–Trinajstić information content (AvgIpc) is 2.39. The summed E-state index contributed by atoms with van der Waals surface area (Å²) in [4.78, 5) is 10.8. The van der Waals surface area contributed by atoms with Gasteiger partial charge in [0.2, 0.25) is 0 Å². The molecule has 0 unspecified atom stereocenters. The van der Waals surface area contributed by atoms with Crippen LogP contribution in [-0.4, -0.2) is 50.1 Å². The Kier molecular flexibility index (Phi) is 11.4. The van der Waals surface area contributed by atoms with Crippen molar-refractivity contribution in [2.24, 2.45) is 0 Å². The minimum Gasteiger partial charge on any atom is -0.691 e. The van der Waals surface area contributed by atoms with Gasteiger partial charge in [0.05, 0.1) is 26.4 Å². The third-order valence-corrected chi connectivity index (χ3v) is 2.11. The largest absolute Gasteiger partial charge is 0.691 e. The molecule has 0 aromatic carbocycles. The van der Waals surface area contributed by atoms with Gasteiger partial charge in [0.25, 0.3) is 0 Å². The molecule has 0 aromatic rings. The van der Waals surface area contributed by atoms with Crippen molar-refractivity contribution in [3.05, 3.63) is 0 Å². The smallest absolute Gasteiger partial charge is 0.415 e. The van der Waals surface area contributed by atoms with Gasteiger partial charge in [-0.2, -0.15) is 13.1 Å². The lowest BCUT2D eigenvalue weighted by Gasteiger charge is -2.14. The van der Waals surface area contributed by atoms with Gasteiger partial charge in [-0.1, -0.05) is 0 Å². The molecule has 0 aliphatic heterocycles. The average molecular weight is 326 g/mol. The molecular weight excluding hydrogens is 314 g/mol. The highest BCUT2D eigenvalue weighted by molar-refractivity contribution is 7.96. The van der Waals surface area contributed by atoms with E-state index < -0.39 is 23.3 Å². The van der Waals surface area contributed by atoms with Gasteiger partial charge in [0.15, 0.2) is 0 Å². The summed E-state index contributed by atoms with van der Waals surface area (Å²) in [5.74, 6) is -1.50. The molecule has 0 radical (unpaired) electrons. The normalized spacial score (nSPS) is 11.6. The maximum absolute atomic E-state index is 12.8. The van der Waals surface area contributed by atoms with Crippen molar-refractivity contribution < 1.29 is 42.4 Å². The summed E-state index contributed by atoms with van der Waals surface area (Å²) in [6, 6.07) is 0. The molecule has 0 saturated heterocycles. The molecule has 0 heterocycles. The molecule has 0 amide bonds. The van der Waals surface area contributed by atoms with Crippen molar-refractivity contribution in [2.75, 3.05) is 38.9 Å². The van der Waals surface area contributed by atoms with E-state index in [1.54, 1.807) is 0 Å². The topological polar surface area (TPSA) is 86.3 Å². The molecule has 0 spiro atoms. The Labute approximate surface area is 117 Å². The van der Waals surface area contributed by atoms with Crippen molar-refractivity contribution in [1.29, 1.82) is 0 Å². The summed E-state index contributed by atoms with van der Waals surface area (Å²) in [6.45, 7) is 0.442. The van der Waals surface area contributed by atoms with Gasteiger partial charge >= 0.3 is 11.2 Å². The first-order valence-electron chi connectivity index (χ1n) is 4.95. The zero-order valence-electron chi connectivity index (χ0n) is 9.64. The summed E-state index contributed by atoms with van der Waals surface area (Å²) in [6.07, 6.45) is 0. The second-order valence-electron chi connectivity index (χ2n) is 2.79. The van der Waals surface area contributed by atoms with Crippen LogP contribution in [0.2, 0.25) is 0 Å². The van der Waals surface area contributed by atoms with Crippen LogP contribution in [0.25, 0.3) is 0 Å². The van der Waals surface area contributed by atoms with E-state index in [0.717, 1.165) is 0 Å². The third kappa shape index (κ3) is 10.2. The molecule has 0 atom stereocenters. The Morgan fingerprint density at radius 1 is 1.16 bits per heavy atom. The number of rotatable bonds is 12. The van der Waals surface area contributed by atoms with Gasteiger partial charge in [0.1, 0.15) is 18.6 Å². The summed E-state index contributed by atoms with van der Waals surface area (Å²) in [5.41, 5.74) is 0. The summed E-state index contributed by atoms with van der Waals surface area (Å²) in [7, 11) is 0. The van der Waals surface area contributed by atoms with Crippen LogP contribution < -0.4 is 5.26 Å². The fourth-order valence-corrected chi connectivity index (χ4v) is 1.09. The van der Waals surface area contributed by atoms with E-state index in [9.17, 15) is 18.8 Å². The number of esters is 1. The van der Waals surface area contributed by atoms with E-state index in [-0.39, 0.29) is 19.8 Å². The lowest BCUT2D eigenvalue weighted by molar-refractivity contribution is -0.777. The van der Waals surface area contributed by atoms with E-state index >= 15 is 0 Å².